The summed E-state index contributed by atoms with van der Waals surface area (Å²) >= 11 is 1.71. The van der Waals surface area contributed by atoms with Crippen LogP contribution in [0.25, 0.3) is 0 Å². The quantitative estimate of drug-likeness (QED) is 0.750. The van der Waals surface area contributed by atoms with Gasteiger partial charge in [0.25, 0.3) is 0 Å². The summed E-state index contributed by atoms with van der Waals surface area (Å²) in [4.78, 5) is 28.3. The Balaban J connectivity index is 1.59. The number of benzene rings is 1. The van der Waals surface area contributed by atoms with Gasteiger partial charge in [0.2, 0.25) is 11.9 Å². The number of nitrogens with one attached hydrogen (secondary N) is 1. The molecule has 3 heterocycles. The maximum Gasteiger partial charge on any atom is 0.225 e. The fourth-order valence-corrected chi connectivity index (χ4v) is 4.53. The lowest BCUT2D eigenvalue weighted by Gasteiger charge is -2.33. The van der Waals surface area contributed by atoms with E-state index < -0.39 is 0 Å². The van der Waals surface area contributed by atoms with Crippen LogP contribution >= 0.6 is 11.8 Å². The third-order valence-corrected chi connectivity index (χ3v) is 6.46. The molecule has 142 valence electrons. The summed E-state index contributed by atoms with van der Waals surface area (Å²) < 4.78 is 0. The van der Waals surface area contributed by atoms with Crippen LogP contribution in [0.3, 0.4) is 0 Å². The van der Waals surface area contributed by atoms with Crippen molar-refractivity contribution in [3.8, 4) is 0 Å². The van der Waals surface area contributed by atoms with E-state index in [-0.39, 0.29) is 5.91 Å². The first-order chi connectivity index (χ1) is 13.0. The Bertz CT molecular complexity index is 877. The van der Waals surface area contributed by atoms with Crippen LogP contribution in [0.15, 0.2) is 28.0 Å². The van der Waals surface area contributed by atoms with Crippen molar-refractivity contribution in [2.45, 2.75) is 36.5 Å². The molecule has 0 saturated carbocycles. The van der Waals surface area contributed by atoms with E-state index in [2.05, 4.69) is 41.2 Å². The molecule has 1 aromatic heterocycles. The number of aryl methyl sites for hydroxylation is 1. The monoisotopic (exact) mass is 383 g/mol. The summed E-state index contributed by atoms with van der Waals surface area (Å²) in [5.74, 6) is 0.891. The van der Waals surface area contributed by atoms with Gasteiger partial charge in [-0.15, -0.1) is 0 Å². The fourth-order valence-electron chi connectivity index (χ4n) is 3.42. The number of aromatic nitrogens is 2. The molecule has 2 aromatic rings. The third kappa shape index (κ3) is 3.80. The van der Waals surface area contributed by atoms with Crippen molar-refractivity contribution in [2.75, 3.05) is 43.4 Å². The second-order valence-electron chi connectivity index (χ2n) is 7.18. The molecule has 1 saturated heterocycles. The summed E-state index contributed by atoms with van der Waals surface area (Å²) in [6.07, 6.45) is 1.29. The van der Waals surface area contributed by atoms with Gasteiger partial charge >= 0.3 is 0 Å². The molecule has 7 heteroatoms. The number of anilines is 2. The Labute approximate surface area is 164 Å². The van der Waals surface area contributed by atoms with Gasteiger partial charge in [-0.1, -0.05) is 24.8 Å². The van der Waals surface area contributed by atoms with Gasteiger partial charge in [-0.05, 0) is 31.7 Å². The van der Waals surface area contributed by atoms with Crippen LogP contribution < -0.4 is 10.2 Å². The summed E-state index contributed by atoms with van der Waals surface area (Å²) in [6, 6.07) is 6.14. The maximum atomic E-state index is 11.7. The number of fused-ring (bicyclic) bond motifs is 2. The second-order valence-corrected chi connectivity index (χ2v) is 8.23. The van der Waals surface area contributed by atoms with Gasteiger partial charge in [-0.25, -0.2) is 9.97 Å². The van der Waals surface area contributed by atoms with Crippen LogP contribution in [0.5, 0.6) is 0 Å². The van der Waals surface area contributed by atoms with Gasteiger partial charge in [0.15, 0.2) is 0 Å². The summed E-state index contributed by atoms with van der Waals surface area (Å²) in [6.45, 7) is 7.96. The van der Waals surface area contributed by atoms with Crippen LogP contribution in [0.2, 0.25) is 0 Å². The number of carbonyl (C=O) groups excluding carboxylic acids is 1. The lowest BCUT2D eigenvalue weighted by atomic mass is 10.1. The molecule has 6 nitrogen and oxygen atoms in total. The number of amides is 1. The summed E-state index contributed by atoms with van der Waals surface area (Å²) in [5, 5.41) is 2.94. The number of likely N-dealkylation sites (N-methyl/N-ethyl adjacent to an activating group) is 1. The highest BCUT2D eigenvalue weighted by Crippen LogP contribution is 2.41. The molecule has 1 N–H and O–H groups in total. The molecule has 1 amide bonds. The van der Waals surface area contributed by atoms with Gasteiger partial charge < -0.3 is 15.1 Å². The maximum absolute atomic E-state index is 11.7. The predicted octanol–water partition coefficient (Wildman–Crippen LogP) is 2.94. The van der Waals surface area contributed by atoms with Crippen molar-refractivity contribution in [1.29, 1.82) is 0 Å². The molecule has 1 fully saturated rings. The number of carbonyl (C=O) groups is 1. The third-order valence-electron chi connectivity index (χ3n) is 5.12. The summed E-state index contributed by atoms with van der Waals surface area (Å²) in [5.41, 5.74) is 4.25. The van der Waals surface area contributed by atoms with Crippen molar-refractivity contribution in [3.05, 3.63) is 35.2 Å². The SMILES string of the molecule is CCC(=O)Nc1ccc2c(c1)Sc1c(C)nc(N3CCN(C)CC3)nc1C2. The van der Waals surface area contributed by atoms with E-state index in [9.17, 15) is 4.79 Å². The minimum atomic E-state index is 0.0347. The van der Waals surface area contributed by atoms with Crippen LogP contribution in [0.1, 0.15) is 30.3 Å². The zero-order valence-corrected chi connectivity index (χ0v) is 16.9. The average Bonchev–Trinajstić information content (AvgIpc) is 2.67. The molecule has 27 heavy (non-hydrogen) atoms. The average molecular weight is 384 g/mol. The molecule has 0 radical (unpaired) electrons. The minimum absolute atomic E-state index is 0.0347. The predicted molar refractivity (Wildman–Crippen MR) is 109 cm³/mol. The highest BCUT2D eigenvalue weighted by molar-refractivity contribution is 7.99. The number of nitrogens with zero attached hydrogens (tertiary/aromatic N) is 4. The minimum Gasteiger partial charge on any atom is -0.338 e. The van der Waals surface area contributed by atoms with Crippen molar-refractivity contribution < 1.29 is 4.79 Å². The molecule has 0 aliphatic carbocycles. The van der Waals surface area contributed by atoms with Crippen LogP contribution in [0, 0.1) is 6.92 Å². The highest BCUT2D eigenvalue weighted by atomic mass is 32.2. The smallest absolute Gasteiger partial charge is 0.225 e. The van der Waals surface area contributed by atoms with Gasteiger partial charge in [0.05, 0.1) is 16.3 Å². The van der Waals surface area contributed by atoms with Gasteiger partial charge in [-0.2, -0.15) is 0 Å². The van der Waals surface area contributed by atoms with Crippen molar-refractivity contribution in [1.82, 2.24) is 14.9 Å². The Morgan fingerprint density at radius 2 is 2.00 bits per heavy atom. The molecule has 0 spiro atoms. The van der Waals surface area contributed by atoms with Crippen LogP contribution in [0.4, 0.5) is 11.6 Å². The molecule has 2 aliphatic rings. The number of hydrogen-bond acceptors (Lipinski definition) is 6. The van der Waals surface area contributed by atoms with E-state index in [0.717, 1.165) is 60.5 Å². The van der Waals surface area contributed by atoms with E-state index >= 15 is 0 Å². The molecule has 2 aliphatic heterocycles. The first-order valence-corrected chi connectivity index (χ1v) is 10.3. The molecule has 0 unspecified atom stereocenters. The molecule has 0 atom stereocenters. The first kappa shape index (κ1) is 18.3. The number of rotatable bonds is 3. The lowest BCUT2D eigenvalue weighted by molar-refractivity contribution is -0.115. The van der Waals surface area contributed by atoms with E-state index in [1.165, 1.54) is 10.5 Å². The number of hydrogen-bond donors (Lipinski definition) is 1. The van der Waals surface area contributed by atoms with Crippen LogP contribution in [-0.4, -0.2) is 54.0 Å². The highest BCUT2D eigenvalue weighted by Gasteiger charge is 2.24. The molecule has 0 bridgehead atoms. The molecule has 1 aromatic carbocycles. The Morgan fingerprint density at radius 1 is 1.22 bits per heavy atom. The van der Waals surface area contributed by atoms with Crippen molar-refractivity contribution in [3.63, 3.8) is 0 Å². The van der Waals surface area contributed by atoms with Crippen LogP contribution in [-0.2, 0) is 11.2 Å². The van der Waals surface area contributed by atoms with Crippen molar-refractivity contribution in [2.24, 2.45) is 0 Å². The Kier molecular flexibility index (Phi) is 5.06. The molecular weight excluding hydrogens is 358 g/mol. The van der Waals surface area contributed by atoms with Gasteiger partial charge in [0, 0.05) is 49.6 Å². The first-order valence-electron chi connectivity index (χ1n) is 9.45. The second kappa shape index (κ2) is 7.48. The standard InChI is InChI=1S/C20H25N5OS/c1-4-18(26)22-15-6-5-14-11-16-19(27-17(14)12-15)13(2)21-20(23-16)25-9-7-24(3)8-10-25/h5-6,12H,4,7-11H2,1-3H3,(H,22,26). The number of piperazine rings is 1. The normalized spacial score (nSPS) is 16.6. The van der Waals surface area contributed by atoms with E-state index in [1.54, 1.807) is 11.8 Å². The van der Waals surface area contributed by atoms with E-state index in [0.29, 0.717) is 6.42 Å². The zero-order valence-electron chi connectivity index (χ0n) is 16.1. The van der Waals surface area contributed by atoms with Crippen molar-refractivity contribution >= 4 is 29.3 Å². The van der Waals surface area contributed by atoms with E-state index in [1.807, 2.05) is 13.0 Å². The molecular formula is C20H25N5OS. The lowest BCUT2D eigenvalue weighted by Crippen LogP contribution is -2.45. The largest absolute Gasteiger partial charge is 0.338 e. The Morgan fingerprint density at radius 3 is 2.74 bits per heavy atom. The zero-order chi connectivity index (χ0) is 19.0. The molecule has 4 rings (SSSR count). The summed E-state index contributed by atoms with van der Waals surface area (Å²) in [7, 11) is 2.15. The van der Waals surface area contributed by atoms with E-state index in [4.69, 9.17) is 9.97 Å². The van der Waals surface area contributed by atoms with Gasteiger partial charge in [-0.3, -0.25) is 4.79 Å². The fraction of sp³-hybridized carbons (Fsp3) is 0.450. The van der Waals surface area contributed by atoms with Gasteiger partial charge in [0.1, 0.15) is 0 Å². The topological polar surface area (TPSA) is 61.4 Å². The Hall–Kier alpha value is -2.12.